The number of nitrogens with zero attached hydrogens (tertiary/aromatic N) is 4. The quantitative estimate of drug-likeness (QED) is 0.171. The second-order valence-corrected chi connectivity index (χ2v) is 14.9. The van der Waals surface area contributed by atoms with Crippen molar-refractivity contribution in [3.8, 4) is 28.3 Å². The van der Waals surface area contributed by atoms with E-state index < -0.39 is 0 Å². The van der Waals surface area contributed by atoms with Crippen LogP contribution in [0.5, 0.6) is 0 Å². The molecule has 0 aliphatic carbocycles. The fourth-order valence-electron chi connectivity index (χ4n) is 9.62. The van der Waals surface area contributed by atoms with Crippen molar-refractivity contribution in [1.82, 2.24) is 18.9 Å². The summed E-state index contributed by atoms with van der Waals surface area (Å²) in [4.78, 5) is 11.0. The summed E-state index contributed by atoms with van der Waals surface area (Å²) in [7, 11) is 0. The molecule has 0 aliphatic heterocycles. The molecule has 258 valence electrons. The number of aromatic nitrogens is 4. The lowest BCUT2D eigenvalue weighted by Crippen LogP contribution is -2.04. The molecule has 0 saturated carbocycles. The highest BCUT2D eigenvalue weighted by atomic mass is 15.2. The molecule has 0 spiro atoms. The molecular formula is C52H30N4. The molecule has 0 N–H and O–H groups in total. The molecule has 56 heavy (non-hydrogen) atoms. The first-order valence-corrected chi connectivity index (χ1v) is 19.2. The number of para-hydroxylation sites is 1. The van der Waals surface area contributed by atoms with Gasteiger partial charge in [-0.15, -0.1) is 0 Å². The van der Waals surface area contributed by atoms with E-state index in [1.807, 2.05) is 0 Å². The van der Waals surface area contributed by atoms with E-state index in [2.05, 4.69) is 191 Å². The van der Waals surface area contributed by atoms with E-state index in [-0.39, 0.29) is 0 Å². The van der Waals surface area contributed by atoms with Crippen molar-refractivity contribution in [2.75, 3.05) is 0 Å². The first-order valence-electron chi connectivity index (χ1n) is 19.2. The highest BCUT2D eigenvalue weighted by molar-refractivity contribution is 6.32. The second kappa shape index (κ2) is 11.0. The molecule has 0 radical (unpaired) electrons. The van der Waals surface area contributed by atoms with E-state index in [1.165, 1.54) is 70.8 Å². The van der Waals surface area contributed by atoms with Crippen molar-refractivity contribution in [3.63, 3.8) is 0 Å². The van der Waals surface area contributed by atoms with Crippen LogP contribution in [0.15, 0.2) is 182 Å². The van der Waals surface area contributed by atoms with Crippen LogP contribution >= 0.6 is 0 Å². The van der Waals surface area contributed by atoms with E-state index in [1.54, 1.807) is 0 Å². The minimum atomic E-state index is 0.659. The summed E-state index contributed by atoms with van der Waals surface area (Å²) in [5.41, 5.74) is 11.1. The van der Waals surface area contributed by atoms with E-state index in [9.17, 15) is 0 Å². The smallest absolute Gasteiger partial charge is 0.235 e. The highest BCUT2D eigenvalue weighted by Gasteiger charge is 2.24. The number of rotatable bonds is 3. The van der Waals surface area contributed by atoms with Gasteiger partial charge >= 0.3 is 0 Å². The summed E-state index contributed by atoms with van der Waals surface area (Å²) in [5.74, 6) is 0.659. The number of hydrogen-bond acceptors (Lipinski definition) is 2. The summed E-state index contributed by atoms with van der Waals surface area (Å²) < 4.78 is 4.83. The molecule has 4 nitrogen and oxygen atoms in total. The molecule has 0 saturated heterocycles. The van der Waals surface area contributed by atoms with Crippen molar-refractivity contribution < 1.29 is 0 Å². The van der Waals surface area contributed by atoms with Crippen LogP contribution in [0.3, 0.4) is 0 Å². The molecular weight excluding hydrogens is 681 g/mol. The van der Waals surface area contributed by atoms with Gasteiger partial charge < -0.3 is 4.40 Å². The molecule has 4 aromatic heterocycles. The largest absolute Gasteiger partial charge is 0.307 e. The Bertz CT molecular complexity index is 3740. The van der Waals surface area contributed by atoms with Gasteiger partial charge in [0.25, 0.3) is 0 Å². The molecule has 4 heteroatoms. The summed E-state index contributed by atoms with van der Waals surface area (Å²) in [6.07, 6.45) is 0. The van der Waals surface area contributed by atoms with Crippen molar-refractivity contribution in [1.29, 1.82) is 0 Å². The molecule has 0 atom stereocenters. The Morgan fingerprint density at radius 1 is 0.321 bits per heavy atom. The second-order valence-electron chi connectivity index (χ2n) is 14.9. The minimum Gasteiger partial charge on any atom is -0.307 e. The molecule has 0 amide bonds. The first kappa shape index (κ1) is 29.8. The van der Waals surface area contributed by atoms with Gasteiger partial charge in [0, 0.05) is 48.7 Å². The Morgan fingerprint density at radius 2 is 0.857 bits per heavy atom. The fourth-order valence-corrected chi connectivity index (χ4v) is 9.62. The molecule has 0 aliphatic rings. The van der Waals surface area contributed by atoms with Crippen LogP contribution in [0.2, 0.25) is 0 Å². The third kappa shape index (κ3) is 3.92. The summed E-state index contributed by atoms with van der Waals surface area (Å²) in [5, 5.41) is 13.2. The summed E-state index contributed by atoms with van der Waals surface area (Å²) in [6, 6.07) is 65.8. The lowest BCUT2D eigenvalue weighted by atomic mass is 9.99. The van der Waals surface area contributed by atoms with E-state index >= 15 is 0 Å². The Morgan fingerprint density at radius 3 is 1.68 bits per heavy atom. The normalized spacial score (nSPS) is 12.3. The summed E-state index contributed by atoms with van der Waals surface area (Å²) >= 11 is 0. The van der Waals surface area contributed by atoms with Gasteiger partial charge in [0.2, 0.25) is 5.95 Å². The SMILES string of the molecule is c1ccc(-c2ccc(-c3nc(-n4c5cccc6c7cccc8c9ccc%10ccccc%10c9n(c9cccc4c9c65)c78)nc4c3ccc3ccccc34)cc2)cc1. The molecule has 0 bridgehead atoms. The molecule has 4 heterocycles. The van der Waals surface area contributed by atoms with Crippen molar-refractivity contribution in [2.24, 2.45) is 0 Å². The molecule has 0 fully saturated rings. The molecule has 9 aromatic carbocycles. The van der Waals surface area contributed by atoms with Crippen molar-refractivity contribution in [3.05, 3.63) is 182 Å². The van der Waals surface area contributed by atoms with Crippen LogP contribution in [-0.4, -0.2) is 18.9 Å². The van der Waals surface area contributed by atoms with Gasteiger partial charge in [-0.05, 0) is 51.6 Å². The Labute approximate surface area is 320 Å². The lowest BCUT2D eigenvalue weighted by Gasteiger charge is -2.14. The van der Waals surface area contributed by atoms with Crippen LogP contribution < -0.4 is 0 Å². The third-order valence-corrected chi connectivity index (χ3v) is 12.0. The molecule has 13 aromatic rings. The van der Waals surface area contributed by atoms with Crippen LogP contribution in [0.4, 0.5) is 0 Å². The number of fused-ring (bicyclic) bond motifs is 10. The van der Waals surface area contributed by atoms with Crippen LogP contribution in [0, 0.1) is 0 Å². The van der Waals surface area contributed by atoms with Gasteiger partial charge in [-0.25, -0.2) is 9.97 Å². The summed E-state index contributed by atoms with van der Waals surface area (Å²) in [6.45, 7) is 0. The van der Waals surface area contributed by atoms with E-state index in [4.69, 9.17) is 9.97 Å². The predicted molar refractivity (Wildman–Crippen MR) is 234 cm³/mol. The van der Waals surface area contributed by atoms with Gasteiger partial charge in [-0.3, -0.25) is 4.57 Å². The molecule has 13 rings (SSSR count). The maximum atomic E-state index is 5.54. The minimum absolute atomic E-state index is 0.659. The Kier molecular flexibility index (Phi) is 5.86. The maximum absolute atomic E-state index is 5.54. The van der Waals surface area contributed by atoms with E-state index in [0.717, 1.165) is 44.0 Å². The third-order valence-electron chi connectivity index (χ3n) is 12.0. The Balaban J connectivity index is 1.18. The fraction of sp³-hybridized carbons (Fsp3) is 0. The van der Waals surface area contributed by atoms with Crippen molar-refractivity contribution >= 4 is 92.3 Å². The molecule has 0 unspecified atom stereocenters. The zero-order valence-corrected chi connectivity index (χ0v) is 30.1. The standard InChI is InChI=1S/C52H30N4/c1-2-11-31(12-3-1)32-23-25-35(26-24-32)48-42-30-28-33-13-4-6-15-36(33)49(42)54-52(53-48)55-43-20-9-17-38-39-18-8-19-40-41-29-27-34-14-5-7-16-37(34)50(41)56(51(39)40)45-22-10-21-44(55)47(45)46(38)43/h1-30H. The predicted octanol–water partition coefficient (Wildman–Crippen LogP) is 13.5. The van der Waals surface area contributed by atoms with Crippen LogP contribution in [0.25, 0.3) is 121 Å². The van der Waals surface area contributed by atoms with Gasteiger partial charge in [0.1, 0.15) is 0 Å². The van der Waals surface area contributed by atoms with Gasteiger partial charge in [0.05, 0.1) is 38.8 Å². The first-order chi connectivity index (χ1) is 27.8. The van der Waals surface area contributed by atoms with Crippen LogP contribution in [0.1, 0.15) is 0 Å². The topological polar surface area (TPSA) is 35.1 Å². The number of benzene rings is 9. The monoisotopic (exact) mass is 710 g/mol. The average molecular weight is 711 g/mol. The van der Waals surface area contributed by atoms with Crippen molar-refractivity contribution in [2.45, 2.75) is 0 Å². The maximum Gasteiger partial charge on any atom is 0.235 e. The number of hydrogen-bond donors (Lipinski definition) is 0. The zero-order valence-electron chi connectivity index (χ0n) is 30.1. The lowest BCUT2D eigenvalue weighted by molar-refractivity contribution is 1.02. The van der Waals surface area contributed by atoms with Gasteiger partial charge in [-0.2, -0.15) is 0 Å². The van der Waals surface area contributed by atoms with Crippen LogP contribution in [-0.2, 0) is 0 Å². The van der Waals surface area contributed by atoms with Gasteiger partial charge in [-0.1, -0.05) is 158 Å². The highest BCUT2D eigenvalue weighted by Crippen LogP contribution is 2.45. The zero-order chi connectivity index (χ0) is 36.5. The average Bonchev–Trinajstić information content (AvgIpc) is 3.76. The van der Waals surface area contributed by atoms with Gasteiger partial charge in [0.15, 0.2) is 0 Å². The van der Waals surface area contributed by atoms with E-state index in [0.29, 0.717) is 5.95 Å². The Hall–Kier alpha value is -7.56.